The van der Waals surface area contributed by atoms with Crippen molar-refractivity contribution in [2.75, 3.05) is 0 Å². The number of primary amides is 1. The zero-order chi connectivity index (χ0) is 17.8. The SMILES string of the molecule is CC(C(=O)O)C(CC(C(=O)O)C(C)C(C)(C)C(N)=O)C(=O)O. The monoisotopic (exact) mass is 317 g/mol. The molecule has 0 aromatic heterocycles. The maximum Gasteiger partial charge on any atom is 0.307 e. The molecular weight excluding hydrogens is 294 g/mol. The molecule has 126 valence electrons. The van der Waals surface area contributed by atoms with Gasteiger partial charge in [-0.05, 0) is 12.3 Å². The molecule has 1 amide bonds. The number of carbonyl (C=O) groups is 4. The first-order valence-corrected chi connectivity index (χ1v) is 6.82. The van der Waals surface area contributed by atoms with Crippen LogP contribution in [0.25, 0.3) is 0 Å². The number of hydrogen-bond acceptors (Lipinski definition) is 4. The Labute approximate surface area is 128 Å². The molecule has 0 fully saturated rings. The number of aliphatic carboxylic acids is 3. The van der Waals surface area contributed by atoms with Crippen molar-refractivity contribution in [2.45, 2.75) is 34.1 Å². The van der Waals surface area contributed by atoms with Gasteiger partial charge in [0.1, 0.15) is 0 Å². The van der Waals surface area contributed by atoms with Crippen LogP contribution < -0.4 is 5.73 Å². The molecule has 22 heavy (non-hydrogen) atoms. The second-order valence-corrected chi connectivity index (χ2v) is 6.13. The Morgan fingerprint density at radius 1 is 0.909 bits per heavy atom. The van der Waals surface area contributed by atoms with E-state index in [1.165, 1.54) is 27.7 Å². The van der Waals surface area contributed by atoms with Gasteiger partial charge in [0.05, 0.1) is 17.8 Å². The van der Waals surface area contributed by atoms with Crippen LogP contribution in [-0.2, 0) is 19.2 Å². The van der Waals surface area contributed by atoms with Crippen molar-refractivity contribution in [2.24, 2.45) is 34.8 Å². The summed E-state index contributed by atoms with van der Waals surface area (Å²) < 4.78 is 0. The number of amides is 1. The quantitative estimate of drug-likeness (QED) is 0.486. The summed E-state index contributed by atoms with van der Waals surface area (Å²) in [5.41, 5.74) is 4.10. The Morgan fingerprint density at radius 2 is 1.32 bits per heavy atom. The molecule has 0 aliphatic rings. The lowest BCUT2D eigenvalue weighted by molar-refractivity contribution is -0.157. The van der Waals surface area contributed by atoms with Crippen molar-refractivity contribution in [1.29, 1.82) is 0 Å². The van der Waals surface area contributed by atoms with Crippen LogP contribution in [0.15, 0.2) is 0 Å². The van der Waals surface area contributed by atoms with E-state index in [1.54, 1.807) is 0 Å². The van der Waals surface area contributed by atoms with Gasteiger partial charge in [-0.15, -0.1) is 0 Å². The van der Waals surface area contributed by atoms with Crippen LogP contribution in [0, 0.1) is 29.1 Å². The summed E-state index contributed by atoms with van der Waals surface area (Å²) in [4.78, 5) is 45.2. The summed E-state index contributed by atoms with van der Waals surface area (Å²) in [7, 11) is 0. The van der Waals surface area contributed by atoms with Gasteiger partial charge in [0, 0.05) is 5.41 Å². The molecule has 0 rings (SSSR count). The van der Waals surface area contributed by atoms with Crippen LogP contribution in [0.1, 0.15) is 34.1 Å². The number of rotatable bonds is 9. The van der Waals surface area contributed by atoms with Crippen molar-refractivity contribution in [1.82, 2.24) is 0 Å². The third kappa shape index (κ3) is 4.44. The minimum atomic E-state index is -1.38. The van der Waals surface area contributed by atoms with Crippen molar-refractivity contribution in [3.8, 4) is 0 Å². The summed E-state index contributed by atoms with van der Waals surface area (Å²) in [6.07, 6.45) is -0.393. The maximum atomic E-state index is 11.5. The van der Waals surface area contributed by atoms with Gasteiger partial charge in [0.25, 0.3) is 0 Å². The zero-order valence-corrected chi connectivity index (χ0v) is 13.1. The fourth-order valence-electron chi connectivity index (χ4n) is 2.21. The Hall–Kier alpha value is -2.12. The molecule has 0 heterocycles. The molecule has 8 nitrogen and oxygen atoms in total. The molecule has 0 aliphatic heterocycles. The van der Waals surface area contributed by atoms with Crippen LogP contribution >= 0.6 is 0 Å². The highest BCUT2D eigenvalue weighted by molar-refractivity contribution is 5.83. The predicted molar refractivity (Wildman–Crippen MR) is 75.8 cm³/mol. The Kier molecular flexibility index (Phi) is 6.54. The molecule has 0 bridgehead atoms. The van der Waals surface area contributed by atoms with Gasteiger partial charge in [0.2, 0.25) is 5.91 Å². The summed E-state index contributed by atoms with van der Waals surface area (Å²) in [5, 5.41) is 27.5. The summed E-state index contributed by atoms with van der Waals surface area (Å²) in [6, 6.07) is 0. The van der Waals surface area contributed by atoms with E-state index in [4.69, 9.17) is 15.9 Å². The molecule has 0 aromatic carbocycles. The largest absolute Gasteiger partial charge is 0.481 e. The van der Waals surface area contributed by atoms with Crippen LogP contribution in [0.2, 0.25) is 0 Å². The second kappa shape index (κ2) is 7.24. The van der Waals surface area contributed by atoms with Gasteiger partial charge in [-0.3, -0.25) is 19.2 Å². The van der Waals surface area contributed by atoms with E-state index in [-0.39, 0.29) is 0 Å². The lowest BCUT2D eigenvalue weighted by Gasteiger charge is -2.34. The van der Waals surface area contributed by atoms with Gasteiger partial charge in [-0.2, -0.15) is 0 Å². The van der Waals surface area contributed by atoms with E-state index in [0.717, 1.165) is 0 Å². The summed E-state index contributed by atoms with van der Waals surface area (Å²) >= 11 is 0. The molecule has 0 aromatic rings. The second-order valence-electron chi connectivity index (χ2n) is 6.13. The van der Waals surface area contributed by atoms with Crippen LogP contribution in [0.4, 0.5) is 0 Å². The Bertz CT molecular complexity index is 472. The van der Waals surface area contributed by atoms with Gasteiger partial charge >= 0.3 is 17.9 Å². The number of carbonyl (C=O) groups excluding carboxylic acids is 1. The third-order valence-electron chi connectivity index (χ3n) is 4.51. The van der Waals surface area contributed by atoms with Crippen molar-refractivity contribution >= 4 is 23.8 Å². The standard InChI is InChI=1S/C14H23NO7/c1-6(10(16)17)8(11(18)19)5-9(12(20)21)7(2)14(3,4)13(15)22/h6-9H,5H2,1-4H3,(H2,15,22)(H,16,17)(H,18,19)(H,20,21). The molecule has 0 radical (unpaired) electrons. The molecule has 0 spiro atoms. The van der Waals surface area contributed by atoms with E-state index in [1.807, 2.05) is 0 Å². The number of carboxylic acids is 3. The highest BCUT2D eigenvalue weighted by Gasteiger charge is 2.43. The van der Waals surface area contributed by atoms with Crippen molar-refractivity contribution in [3.63, 3.8) is 0 Å². The van der Waals surface area contributed by atoms with Gasteiger partial charge in [-0.25, -0.2) is 0 Å². The number of nitrogens with two attached hydrogens (primary N) is 1. The van der Waals surface area contributed by atoms with Gasteiger partial charge in [0.15, 0.2) is 0 Å². The molecule has 4 unspecified atom stereocenters. The molecular formula is C14H23NO7. The zero-order valence-electron chi connectivity index (χ0n) is 13.1. The molecule has 8 heteroatoms. The average molecular weight is 317 g/mol. The molecule has 4 atom stereocenters. The maximum absolute atomic E-state index is 11.5. The van der Waals surface area contributed by atoms with Crippen LogP contribution in [-0.4, -0.2) is 39.1 Å². The van der Waals surface area contributed by atoms with E-state index < -0.39 is 59.3 Å². The minimum absolute atomic E-state index is 0.393. The minimum Gasteiger partial charge on any atom is -0.481 e. The van der Waals surface area contributed by atoms with Gasteiger partial charge < -0.3 is 21.1 Å². The first-order chi connectivity index (χ1) is 9.83. The molecule has 0 saturated carbocycles. The smallest absolute Gasteiger partial charge is 0.307 e. The van der Waals surface area contributed by atoms with E-state index >= 15 is 0 Å². The van der Waals surface area contributed by atoms with E-state index in [2.05, 4.69) is 0 Å². The predicted octanol–water partition coefficient (Wildman–Crippen LogP) is 0.646. The normalized spacial score (nSPS) is 17.1. The Balaban J connectivity index is 5.51. The fraction of sp³-hybridized carbons (Fsp3) is 0.714. The summed E-state index contributed by atoms with van der Waals surface area (Å²) in [5.74, 6) is -9.28. The van der Waals surface area contributed by atoms with Crippen molar-refractivity contribution < 1.29 is 34.5 Å². The molecule has 0 saturated heterocycles. The first-order valence-electron chi connectivity index (χ1n) is 6.82. The fourth-order valence-corrected chi connectivity index (χ4v) is 2.21. The number of carboxylic acid groups (broad SMARTS) is 3. The first kappa shape index (κ1) is 19.9. The lowest BCUT2D eigenvalue weighted by Crippen LogP contribution is -2.44. The number of hydrogen-bond donors (Lipinski definition) is 4. The topological polar surface area (TPSA) is 155 Å². The third-order valence-corrected chi connectivity index (χ3v) is 4.51. The van der Waals surface area contributed by atoms with Crippen LogP contribution in [0.3, 0.4) is 0 Å². The summed E-state index contributed by atoms with van der Waals surface area (Å²) in [6.45, 7) is 5.66. The highest BCUT2D eigenvalue weighted by Crippen LogP contribution is 2.37. The van der Waals surface area contributed by atoms with Crippen molar-refractivity contribution in [3.05, 3.63) is 0 Å². The van der Waals surface area contributed by atoms with Crippen LogP contribution in [0.5, 0.6) is 0 Å². The molecule has 5 N–H and O–H groups in total. The van der Waals surface area contributed by atoms with E-state index in [0.29, 0.717) is 0 Å². The highest BCUT2D eigenvalue weighted by atomic mass is 16.4. The molecule has 0 aliphatic carbocycles. The Morgan fingerprint density at radius 3 is 1.59 bits per heavy atom. The van der Waals surface area contributed by atoms with E-state index in [9.17, 15) is 24.3 Å². The average Bonchev–Trinajstić information content (AvgIpc) is 2.36. The lowest BCUT2D eigenvalue weighted by atomic mass is 9.69. The van der Waals surface area contributed by atoms with Gasteiger partial charge in [-0.1, -0.05) is 27.7 Å².